The van der Waals surface area contributed by atoms with Gasteiger partial charge in [-0.1, -0.05) is 25.2 Å². The van der Waals surface area contributed by atoms with Gasteiger partial charge in [-0.3, -0.25) is 9.52 Å². The Kier molecular flexibility index (Phi) is 6.12. The maximum absolute atomic E-state index is 12.9. The summed E-state index contributed by atoms with van der Waals surface area (Å²) < 4.78 is 39.8. The summed E-state index contributed by atoms with van der Waals surface area (Å²) >= 11 is 0.964. The lowest BCUT2D eigenvalue weighted by atomic mass is 10.1. The molecule has 25 heavy (non-hydrogen) atoms. The van der Waals surface area contributed by atoms with E-state index < -0.39 is 15.8 Å². The van der Waals surface area contributed by atoms with Crippen LogP contribution in [0.2, 0.25) is 0 Å². The van der Waals surface area contributed by atoms with Crippen molar-refractivity contribution in [1.82, 2.24) is 10.3 Å². The molecule has 2 N–H and O–H groups in total. The largest absolute Gasteiger partial charge is 0.351 e. The van der Waals surface area contributed by atoms with Crippen molar-refractivity contribution in [3.63, 3.8) is 0 Å². The van der Waals surface area contributed by atoms with Crippen LogP contribution in [-0.2, 0) is 10.0 Å². The quantitative estimate of drug-likeness (QED) is 0.766. The SMILES string of the molecule is Cc1nc(NS(=O)(=O)c2ccc(F)cc2)sc1C(=O)NCCC(C)C. The average Bonchev–Trinajstić information content (AvgIpc) is 2.87. The van der Waals surface area contributed by atoms with Gasteiger partial charge in [-0.15, -0.1) is 0 Å². The number of amides is 1. The van der Waals surface area contributed by atoms with Crippen molar-refractivity contribution in [1.29, 1.82) is 0 Å². The second kappa shape index (κ2) is 7.92. The minimum atomic E-state index is -3.89. The number of sulfonamides is 1. The first-order valence-electron chi connectivity index (χ1n) is 7.73. The zero-order valence-electron chi connectivity index (χ0n) is 14.2. The molecule has 1 aromatic carbocycles. The van der Waals surface area contributed by atoms with E-state index in [-0.39, 0.29) is 15.9 Å². The molecule has 0 aliphatic carbocycles. The smallest absolute Gasteiger partial charge is 0.263 e. The molecule has 0 aliphatic heterocycles. The summed E-state index contributed by atoms with van der Waals surface area (Å²) in [7, 11) is -3.89. The van der Waals surface area contributed by atoms with E-state index in [0.717, 1.165) is 42.0 Å². The number of hydrogen-bond donors (Lipinski definition) is 2. The third-order valence-electron chi connectivity index (χ3n) is 3.36. The number of thiazole rings is 1. The van der Waals surface area contributed by atoms with Gasteiger partial charge in [0.2, 0.25) is 0 Å². The Hall–Kier alpha value is -2.00. The van der Waals surface area contributed by atoms with E-state index in [2.05, 4.69) is 28.9 Å². The number of nitrogens with one attached hydrogen (secondary N) is 2. The summed E-state index contributed by atoms with van der Waals surface area (Å²) in [6.07, 6.45) is 0.855. The molecule has 0 saturated heterocycles. The van der Waals surface area contributed by atoms with Gasteiger partial charge in [0.15, 0.2) is 5.13 Å². The molecule has 6 nitrogen and oxygen atoms in total. The van der Waals surface area contributed by atoms with E-state index in [0.29, 0.717) is 23.0 Å². The van der Waals surface area contributed by atoms with Crippen molar-refractivity contribution in [3.8, 4) is 0 Å². The molecule has 9 heteroatoms. The summed E-state index contributed by atoms with van der Waals surface area (Å²) in [6.45, 7) is 6.31. The highest BCUT2D eigenvalue weighted by Gasteiger charge is 2.20. The summed E-state index contributed by atoms with van der Waals surface area (Å²) in [5, 5.41) is 2.89. The van der Waals surface area contributed by atoms with Crippen LogP contribution in [-0.4, -0.2) is 25.9 Å². The van der Waals surface area contributed by atoms with Crippen LogP contribution in [0, 0.1) is 18.7 Å². The predicted molar refractivity (Wildman–Crippen MR) is 95.8 cm³/mol. The first-order valence-corrected chi connectivity index (χ1v) is 10.0. The van der Waals surface area contributed by atoms with Crippen LogP contribution in [0.3, 0.4) is 0 Å². The van der Waals surface area contributed by atoms with Crippen LogP contribution in [0.25, 0.3) is 0 Å². The number of carbonyl (C=O) groups is 1. The van der Waals surface area contributed by atoms with Crippen LogP contribution >= 0.6 is 11.3 Å². The molecule has 1 amide bonds. The molecule has 0 atom stereocenters. The Bertz CT molecular complexity index is 846. The van der Waals surface area contributed by atoms with Crippen molar-refractivity contribution in [2.75, 3.05) is 11.3 Å². The Morgan fingerprint density at radius 1 is 1.28 bits per heavy atom. The zero-order chi connectivity index (χ0) is 18.6. The average molecular weight is 385 g/mol. The fourth-order valence-corrected chi connectivity index (χ4v) is 4.11. The van der Waals surface area contributed by atoms with Crippen molar-refractivity contribution in [2.45, 2.75) is 32.1 Å². The standard InChI is InChI=1S/C16H20FN3O3S2/c1-10(2)8-9-18-15(21)14-11(3)19-16(24-14)20-25(22,23)13-6-4-12(17)5-7-13/h4-7,10H,8-9H2,1-3H3,(H,18,21)(H,19,20). The molecule has 0 unspecified atom stereocenters. The Morgan fingerprint density at radius 2 is 1.92 bits per heavy atom. The molecule has 1 aromatic heterocycles. The molecule has 0 saturated carbocycles. The summed E-state index contributed by atoms with van der Waals surface area (Å²) in [5.41, 5.74) is 0.448. The highest BCUT2D eigenvalue weighted by molar-refractivity contribution is 7.93. The Balaban J connectivity index is 2.11. The maximum atomic E-state index is 12.9. The van der Waals surface area contributed by atoms with Crippen molar-refractivity contribution >= 4 is 32.4 Å². The highest BCUT2D eigenvalue weighted by Crippen LogP contribution is 2.25. The van der Waals surface area contributed by atoms with Crippen LogP contribution in [0.1, 0.15) is 35.6 Å². The molecule has 0 aliphatic rings. The number of aromatic nitrogens is 1. The lowest BCUT2D eigenvalue weighted by Crippen LogP contribution is -2.25. The molecule has 0 bridgehead atoms. The van der Waals surface area contributed by atoms with E-state index in [4.69, 9.17) is 0 Å². The number of nitrogens with zero attached hydrogens (tertiary/aromatic N) is 1. The van der Waals surface area contributed by atoms with Crippen LogP contribution in [0.4, 0.5) is 9.52 Å². The number of rotatable bonds is 7. The van der Waals surface area contributed by atoms with Gasteiger partial charge in [-0.2, -0.15) is 0 Å². The lowest BCUT2D eigenvalue weighted by Gasteiger charge is -2.06. The van der Waals surface area contributed by atoms with Gasteiger partial charge in [-0.05, 0) is 43.5 Å². The van der Waals surface area contributed by atoms with Gasteiger partial charge in [0.25, 0.3) is 15.9 Å². The minimum absolute atomic E-state index is 0.0790. The van der Waals surface area contributed by atoms with Gasteiger partial charge >= 0.3 is 0 Å². The van der Waals surface area contributed by atoms with Crippen LogP contribution in [0.5, 0.6) is 0 Å². The van der Waals surface area contributed by atoms with E-state index in [9.17, 15) is 17.6 Å². The first kappa shape index (κ1) is 19.3. The van der Waals surface area contributed by atoms with Crippen molar-refractivity contribution < 1.29 is 17.6 Å². The van der Waals surface area contributed by atoms with Gasteiger partial charge in [0.1, 0.15) is 10.7 Å². The summed E-state index contributed by atoms with van der Waals surface area (Å²) in [4.78, 5) is 16.6. The zero-order valence-corrected chi connectivity index (χ0v) is 15.8. The number of halogens is 1. The fourth-order valence-electron chi connectivity index (χ4n) is 1.99. The highest BCUT2D eigenvalue weighted by atomic mass is 32.2. The minimum Gasteiger partial charge on any atom is -0.351 e. The molecule has 2 aromatic rings. The molecule has 0 radical (unpaired) electrons. The van der Waals surface area contributed by atoms with E-state index in [1.807, 2.05) is 0 Å². The molecule has 136 valence electrons. The molecule has 0 spiro atoms. The first-order chi connectivity index (χ1) is 11.7. The monoisotopic (exact) mass is 385 g/mol. The lowest BCUT2D eigenvalue weighted by molar-refractivity contribution is 0.0955. The molecule has 2 rings (SSSR count). The van der Waals surface area contributed by atoms with Gasteiger partial charge in [0.05, 0.1) is 10.6 Å². The predicted octanol–water partition coefficient (Wildman–Crippen LogP) is 3.17. The maximum Gasteiger partial charge on any atom is 0.263 e. The van der Waals surface area contributed by atoms with Crippen molar-refractivity contribution in [3.05, 3.63) is 40.7 Å². The second-order valence-electron chi connectivity index (χ2n) is 5.93. The molecule has 1 heterocycles. The summed E-state index contributed by atoms with van der Waals surface area (Å²) in [6, 6.07) is 4.46. The second-order valence-corrected chi connectivity index (χ2v) is 8.61. The number of hydrogen-bond acceptors (Lipinski definition) is 5. The number of benzene rings is 1. The molecule has 0 fully saturated rings. The van der Waals surface area contributed by atoms with Crippen LogP contribution in [0.15, 0.2) is 29.2 Å². The van der Waals surface area contributed by atoms with Gasteiger partial charge < -0.3 is 5.32 Å². The normalized spacial score (nSPS) is 11.6. The summed E-state index contributed by atoms with van der Waals surface area (Å²) in [5.74, 6) is -0.326. The topological polar surface area (TPSA) is 88.2 Å². The molecular weight excluding hydrogens is 365 g/mol. The molecular formula is C16H20FN3O3S2. The van der Waals surface area contributed by atoms with E-state index in [1.165, 1.54) is 0 Å². The van der Waals surface area contributed by atoms with Gasteiger partial charge in [0, 0.05) is 6.54 Å². The third-order valence-corrected chi connectivity index (χ3v) is 5.91. The van der Waals surface area contributed by atoms with Gasteiger partial charge in [-0.25, -0.2) is 17.8 Å². The number of anilines is 1. The third kappa shape index (κ3) is 5.23. The van der Waals surface area contributed by atoms with E-state index in [1.54, 1.807) is 6.92 Å². The van der Waals surface area contributed by atoms with Crippen LogP contribution < -0.4 is 10.0 Å². The Morgan fingerprint density at radius 3 is 2.52 bits per heavy atom. The fraction of sp³-hybridized carbons (Fsp3) is 0.375. The number of carbonyl (C=O) groups excluding carboxylic acids is 1. The Labute approximate surface area is 150 Å². The van der Waals surface area contributed by atoms with E-state index >= 15 is 0 Å². The van der Waals surface area contributed by atoms with Crippen molar-refractivity contribution in [2.24, 2.45) is 5.92 Å². The number of aryl methyl sites for hydroxylation is 1.